The normalized spacial score (nSPS) is 10.4. The molecule has 0 atom stereocenters. The summed E-state index contributed by atoms with van der Waals surface area (Å²) in [6.45, 7) is 1.83. The van der Waals surface area contributed by atoms with Crippen LogP contribution in [0.4, 0.5) is 8.78 Å². The molecule has 0 bridgehead atoms. The van der Waals surface area contributed by atoms with E-state index in [-0.39, 0.29) is 0 Å². The van der Waals surface area contributed by atoms with E-state index in [1.807, 2.05) is 6.92 Å². The number of aryl methyl sites for hydroxylation is 1. The molecule has 1 aromatic heterocycles. The fourth-order valence-electron chi connectivity index (χ4n) is 1.49. The summed E-state index contributed by atoms with van der Waals surface area (Å²) in [5, 5.41) is 0. The smallest absolute Gasteiger partial charge is 0.160 e. The molecule has 2 rings (SSSR count). The third-order valence-corrected chi connectivity index (χ3v) is 3.45. The maximum absolute atomic E-state index is 13.0. The molecule has 0 aliphatic heterocycles. The van der Waals surface area contributed by atoms with Crippen molar-refractivity contribution < 1.29 is 13.6 Å². The lowest BCUT2D eigenvalue weighted by Gasteiger charge is -2.00. The van der Waals surface area contributed by atoms with Gasteiger partial charge in [-0.2, -0.15) is 0 Å². The lowest BCUT2D eigenvalue weighted by Crippen LogP contribution is -1.84. The zero-order chi connectivity index (χ0) is 11.7. The molecule has 0 spiro atoms. The Kier molecular flexibility index (Phi) is 2.83. The Bertz CT molecular complexity index is 546. The number of aldehydes is 1. The van der Waals surface area contributed by atoms with Gasteiger partial charge in [0, 0.05) is 4.88 Å². The fourth-order valence-corrected chi connectivity index (χ4v) is 2.47. The van der Waals surface area contributed by atoms with E-state index in [1.54, 1.807) is 6.07 Å². The first-order valence-electron chi connectivity index (χ1n) is 4.63. The van der Waals surface area contributed by atoms with Crippen LogP contribution in [-0.2, 0) is 0 Å². The van der Waals surface area contributed by atoms with Gasteiger partial charge in [0.25, 0.3) is 0 Å². The number of carbonyl (C=O) groups is 1. The van der Waals surface area contributed by atoms with Crippen LogP contribution >= 0.6 is 11.3 Å². The van der Waals surface area contributed by atoms with E-state index >= 15 is 0 Å². The van der Waals surface area contributed by atoms with Crippen molar-refractivity contribution in [2.24, 2.45) is 0 Å². The molecular weight excluding hydrogens is 230 g/mol. The van der Waals surface area contributed by atoms with E-state index in [9.17, 15) is 13.6 Å². The van der Waals surface area contributed by atoms with Gasteiger partial charge < -0.3 is 0 Å². The lowest BCUT2D eigenvalue weighted by molar-refractivity contribution is 0.112. The SMILES string of the molecule is Cc1cc(C=O)sc1-c1ccc(F)c(F)c1. The second-order valence-corrected chi connectivity index (χ2v) is 4.49. The molecule has 2 aromatic rings. The van der Waals surface area contributed by atoms with Crippen LogP contribution in [0.2, 0.25) is 0 Å². The van der Waals surface area contributed by atoms with Crippen LogP contribution in [0.1, 0.15) is 15.2 Å². The van der Waals surface area contributed by atoms with Gasteiger partial charge in [0.15, 0.2) is 17.9 Å². The number of halogens is 2. The summed E-state index contributed by atoms with van der Waals surface area (Å²) in [4.78, 5) is 12.0. The first kappa shape index (κ1) is 11.0. The van der Waals surface area contributed by atoms with Gasteiger partial charge in [0.05, 0.1) is 4.88 Å². The highest BCUT2D eigenvalue weighted by Crippen LogP contribution is 2.32. The maximum atomic E-state index is 13.0. The highest BCUT2D eigenvalue weighted by Gasteiger charge is 2.10. The standard InChI is InChI=1S/C12H8F2OS/c1-7-4-9(6-15)16-12(7)8-2-3-10(13)11(14)5-8/h2-6H,1H3. The maximum Gasteiger partial charge on any atom is 0.160 e. The predicted molar refractivity (Wildman–Crippen MR) is 59.8 cm³/mol. The van der Waals surface area contributed by atoms with Crippen molar-refractivity contribution in [3.05, 3.63) is 46.3 Å². The lowest BCUT2D eigenvalue weighted by atomic mass is 10.1. The molecule has 82 valence electrons. The quantitative estimate of drug-likeness (QED) is 0.727. The Balaban J connectivity index is 2.53. The van der Waals surface area contributed by atoms with Gasteiger partial charge in [-0.1, -0.05) is 6.07 Å². The van der Waals surface area contributed by atoms with E-state index in [0.717, 1.165) is 28.9 Å². The Morgan fingerprint density at radius 1 is 1.19 bits per heavy atom. The summed E-state index contributed by atoms with van der Waals surface area (Å²) in [6.07, 6.45) is 0.751. The molecule has 0 aliphatic rings. The van der Waals surface area contributed by atoms with Gasteiger partial charge in [-0.15, -0.1) is 11.3 Å². The van der Waals surface area contributed by atoms with Crippen molar-refractivity contribution in [2.75, 3.05) is 0 Å². The summed E-state index contributed by atoms with van der Waals surface area (Å²) in [7, 11) is 0. The minimum absolute atomic E-state index is 0.581. The van der Waals surface area contributed by atoms with Crippen molar-refractivity contribution in [1.82, 2.24) is 0 Å². The van der Waals surface area contributed by atoms with E-state index in [1.165, 1.54) is 17.4 Å². The van der Waals surface area contributed by atoms with Crippen LogP contribution in [0, 0.1) is 18.6 Å². The molecule has 0 aliphatic carbocycles. The van der Waals surface area contributed by atoms with Gasteiger partial charge in [0.2, 0.25) is 0 Å². The first-order chi connectivity index (χ1) is 7.61. The number of hydrogen-bond donors (Lipinski definition) is 0. The molecule has 1 aromatic carbocycles. The fraction of sp³-hybridized carbons (Fsp3) is 0.0833. The average Bonchev–Trinajstić information content (AvgIpc) is 2.64. The van der Waals surface area contributed by atoms with Crippen LogP contribution in [0.25, 0.3) is 10.4 Å². The van der Waals surface area contributed by atoms with Crippen LogP contribution in [0.3, 0.4) is 0 Å². The molecule has 16 heavy (non-hydrogen) atoms. The zero-order valence-electron chi connectivity index (χ0n) is 8.46. The Labute approximate surface area is 95.4 Å². The van der Waals surface area contributed by atoms with E-state index in [2.05, 4.69) is 0 Å². The molecule has 0 radical (unpaired) electrons. The third-order valence-electron chi connectivity index (χ3n) is 2.23. The van der Waals surface area contributed by atoms with Crippen LogP contribution in [0.5, 0.6) is 0 Å². The second kappa shape index (κ2) is 4.14. The summed E-state index contributed by atoms with van der Waals surface area (Å²) >= 11 is 1.27. The van der Waals surface area contributed by atoms with E-state index in [0.29, 0.717) is 10.4 Å². The molecular formula is C12H8F2OS. The largest absolute Gasteiger partial charge is 0.297 e. The Hall–Kier alpha value is -1.55. The second-order valence-electron chi connectivity index (χ2n) is 3.41. The monoisotopic (exact) mass is 238 g/mol. The number of hydrogen-bond acceptors (Lipinski definition) is 2. The molecule has 0 unspecified atom stereocenters. The highest BCUT2D eigenvalue weighted by molar-refractivity contribution is 7.17. The van der Waals surface area contributed by atoms with Gasteiger partial charge in [-0.3, -0.25) is 4.79 Å². The van der Waals surface area contributed by atoms with Gasteiger partial charge in [-0.05, 0) is 36.2 Å². The molecule has 1 heterocycles. The van der Waals surface area contributed by atoms with Crippen LogP contribution < -0.4 is 0 Å². The number of benzene rings is 1. The number of rotatable bonds is 2. The Morgan fingerprint density at radius 3 is 2.50 bits per heavy atom. The topological polar surface area (TPSA) is 17.1 Å². The molecule has 1 nitrogen and oxygen atoms in total. The van der Waals surface area contributed by atoms with Gasteiger partial charge in [0.1, 0.15) is 0 Å². The molecule has 0 saturated heterocycles. The summed E-state index contributed by atoms with van der Waals surface area (Å²) in [6, 6.07) is 5.47. The highest BCUT2D eigenvalue weighted by atomic mass is 32.1. The van der Waals surface area contributed by atoms with Crippen molar-refractivity contribution in [3.63, 3.8) is 0 Å². The molecule has 4 heteroatoms. The number of thiophene rings is 1. The minimum Gasteiger partial charge on any atom is -0.297 e. The molecule has 0 saturated carbocycles. The van der Waals surface area contributed by atoms with Crippen LogP contribution in [-0.4, -0.2) is 6.29 Å². The molecule has 0 N–H and O–H groups in total. The van der Waals surface area contributed by atoms with Gasteiger partial charge in [-0.25, -0.2) is 8.78 Å². The molecule has 0 fully saturated rings. The van der Waals surface area contributed by atoms with E-state index in [4.69, 9.17) is 0 Å². The van der Waals surface area contributed by atoms with Crippen molar-refractivity contribution in [2.45, 2.75) is 6.92 Å². The van der Waals surface area contributed by atoms with Gasteiger partial charge >= 0.3 is 0 Å². The summed E-state index contributed by atoms with van der Waals surface area (Å²) in [5.74, 6) is -1.74. The number of carbonyl (C=O) groups excluding carboxylic acids is 1. The van der Waals surface area contributed by atoms with Crippen molar-refractivity contribution in [3.8, 4) is 10.4 Å². The van der Waals surface area contributed by atoms with E-state index < -0.39 is 11.6 Å². The average molecular weight is 238 g/mol. The summed E-state index contributed by atoms with van der Waals surface area (Å²) in [5.41, 5.74) is 1.48. The van der Waals surface area contributed by atoms with Crippen molar-refractivity contribution in [1.29, 1.82) is 0 Å². The summed E-state index contributed by atoms with van der Waals surface area (Å²) < 4.78 is 25.8. The first-order valence-corrected chi connectivity index (χ1v) is 5.44. The van der Waals surface area contributed by atoms with Crippen LogP contribution in [0.15, 0.2) is 24.3 Å². The zero-order valence-corrected chi connectivity index (χ0v) is 9.28. The Morgan fingerprint density at radius 2 is 1.94 bits per heavy atom. The third kappa shape index (κ3) is 1.88. The molecule has 0 amide bonds. The van der Waals surface area contributed by atoms with Crippen molar-refractivity contribution >= 4 is 17.6 Å². The minimum atomic E-state index is -0.877. The predicted octanol–water partition coefficient (Wildman–Crippen LogP) is 3.81.